The Balaban J connectivity index is 1.61. The van der Waals surface area contributed by atoms with Crippen LogP contribution in [0.25, 0.3) is 11.3 Å². The number of aromatic nitrogens is 3. The van der Waals surface area contributed by atoms with Crippen molar-refractivity contribution in [3.8, 4) is 17.1 Å². The molecule has 0 saturated carbocycles. The molecule has 1 fully saturated rings. The summed E-state index contributed by atoms with van der Waals surface area (Å²) in [5.41, 5.74) is 5.45. The van der Waals surface area contributed by atoms with Gasteiger partial charge in [-0.1, -0.05) is 23.7 Å². The Morgan fingerprint density at radius 3 is 2.74 bits per heavy atom. The molecule has 2 aromatic heterocycles. The number of nitrogens with zero attached hydrogens (tertiary/aromatic N) is 3. The number of ether oxygens (including phenoxy) is 1. The zero-order valence-corrected chi connectivity index (χ0v) is 16.2. The van der Waals surface area contributed by atoms with E-state index in [0.717, 1.165) is 53.5 Å². The summed E-state index contributed by atoms with van der Waals surface area (Å²) >= 11 is 0. The standard InChI is InChI=1S/C21H26N4O2/c1-14-15(2)24-27-21(14)18-12-22-23-20(18)19-6-4-5-11-25(19)13-16-7-9-17(26-3)10-8-16/h7-10,12,19H,4-6,11,13H2,1-3H3,(H,22,23)/t19-/m1/s1. The van der Waals surface area contributed by atoms with Crippen LogP contribution in [-0.4, -0.2) is 33.9 Å². The first kappa shape index (κ1) is 17.8. The van der Waals surface area contributed by atoms with Crippen molar-refractivity contribution in [3.05, 3.63) is 53.0 Å². The maximum absolute atomic E-state index is 5.61. The first-order valence-corrected chi connectivity index (χ1v) is 9.51. The predicted octanol–water partition coefficient (Wildman–Crippen LogP) is 4.42. The number of hydrogen-bond acceptors (Lipinski definition) is 5. The van der Waals surface area contributed by atoms with Crippen LogP contribution in [0.3, 0.4) is 0 Å². The molecule has 27 heavy (non-hydrogen) atoms. The van der Waals surface area contributed by atoms with Crippen molar-refractivity contribution in [2.75, 3.05) is 13.7 Å². The molecular weight excluding hydrogens is 340 g/mol. The number of rotatable bonds is 5. The van der Waals surface area contributed by atoms with Crippen molar-refractivity contribution in [1.82, 2.24) is 20.3 Å². The fourth-order valence-corrected chi connectivity index (χ4v) is 3.87. The number of piperidine rings is 1. The third-order valence-electron chi connectivity index (χ3n) is 5.56. The molecule has 0 spiro atoms. The predicted molar refractivity (Wildman–Crippen MR) is 104 cm³/mol. The molecular formula is C21H26N4O2. The van der Waals surface area contributed by atoms with Crippen LogP contribution in [0.5, 0.6) is 5.75 Å². The molecule has 0 radical (unpaired) electrons. The van der Waals surface area contributed by atoms with E-state index in [1.54, 1.807) is 7.11 Å². The van der Waals surface area contributed by atoms with Crippen LogP contribution in [0, 0.1) is 13.8 Å². The molecule has 0 unspecified atom stereocenters. The molecule has 3 aromatic rings. The summed E-state index contributed by atoms with van der Waals surface area (Å²) in [4.78, 5) is 2.53. The second-order valence-electron chi connectivity index (χ2n) is 7.25. The summed E-state index contributed by atoms with van der Waals surface area (Å²) in [5.74, 6) is 1.71. The minimum Gasteiger partial charge on any atom is -0.497 e. The summed E-state index contributed by atoms with van der Waals surface area (Å²) in [7, 11) is 1.70. The van der Waals surface area contributed by atoms with E-state index in [2.05, 4.69) is 32.4 Å². The van der Waals surface area contributed by atoms with Gasteiger partial charge in [-0.05, 0) is 50.9 Å². The molecule has 1 aromatic carbocycles. The number of likely N-dealkylation sites (tertiary alicyclic amines) is 1. The number of aryl methyl sites for hydroxylation is 1. The van der Waals surface area contributed by atoms with Gasteiger partial charge in [0.25, 0.3) is 0 Å². The molecule has 1 aliphatic rings. The van der Waals surface area contributed by atoms with E-state index < -0.39 is 0 Å². The SMILES string of the molecule is COc1ccc(CN2CCCC[C@@H]2c2[nH]ncc2-c2onc(C)c2C)cc1. The van der Waals surface area contributed by atoms with Crippen LogP contribution >= 0.6 is 0 Å². The number of H-pyrrole nitrogens is 1. The molecule has 1 N–H and O–H groups in total. The molecule has 3 heterocycles. The Morgan fingerprint density at radius 2 is 2.04 bits per heavy atom. The summed E-state index contributed by atoms with van der Waals surface area (Å²) < 4.78 is 10.9. The van der Waals surface area contributed by atoms with Gasteiger partial charge in [0.15, 0.2) is 5.76 Å². The highest BCUT2D eigenvalue weighted by Crippen LogP contribution is 2.37. The Bertz CT molecular complexity index is 897. The van der Waals surface area contributed by atoms with Crippen molar-refractivity contribution in [3.63, 3.8) is 0 Å². The van der Waals surface area contributed by atoms with Gasteiger partial charge in [-0.25, -0.2) is 0 Å². The molecule has 0 amide bonds. The maximum atomic E-state index is 5.61. The van der Waals surface area contributed by atoms with Gasteiger partial charge < -0.3 is 9.26 Å². The average molecular weight is 366 g/mol. The minimum atomic E-state index is 0.295. The van der Waals surface area contributed by atoms with Crippen molar-refractivity contribution in [2.45, 2.75) is 45.7 Å². The zero-order valence-electron chi connectivity index (χ0n) is 16.2. The lowest BCUT2D eigenvalue weighted by Crippen LogP contribution is -2.33. The van der Waals surface area contributed by atoms with Crippen molar-refractivity contribution < 1.29 is 9.26 Å². The van der Waals surface area contributed by atoms with Crippen LogP contribution in [-0.2, 0) is 6.54 Å². The van der Waals surface area contributed by atoms with Gasteiger partial charge in [0.05, 0.1) is 36.3 Å². The first-order chi connectivity index (χ1) is 13.2. The molecule has 1 atom stereocenters. The quantitative estimate of drug-likeness (QED) is 0.724. The minimum absolute atomic E-state index is 0.295. The molecule has 4 rings (SSSR count). The number of methoxy groups -OCH3 is 1. The second kappa shape index (κ2) is 7.56. The summed E-state index contributed by atoms with van der Waals surface area (Å²) in [6.45, 7) is 6.00. The Kier molecular flexibility index (Phi) is 4.99. The maximum Gasteiger partial charge on any atom is 0.173 e. The van der Waals surface area contributed by atoms with E-state index in [1.807, 2.05) is 32.2 Å². The number of benzene rings is 1. The van der Waals surface area contributed by atoms with E-state index in [-0.39, 0.29) is 0 Å². The molecule has 1 aliphatic heterocycles. The van der Waals surface area contributed by atoms with Crippen LogP contribution in [0.1, 0.15) is 47.8 Å². The molecule has 1 saturated heterocycles. The lowest BCUT2D eigenvalue weighted by atomic mass is 9.95. The normalized spacial score (nSPS) is 18.0. The fraction of sp³-hybridized carbons (Fsp3) is 0.429. The highest BCUT2D eigenvalue weighted by atomic mass is 16.5. The Hall–Kier alpha value is -2.60. The molecule has 6 heteroatoms. The van der Waals surface area contributed by atoms with Gasteiger partial charge in [-0.3, -0.25) is 10.00 Å². The molecule has 6 nitrogen and oxygen atoms in total. The summed E-state index contributed by atoms with van der Waals surface area (Å²) in [5, 5.41) is 11.7. The molecule has 0 aliphatic carbocycles. The topological polar surface area (TPSA) is 67.2 Å². The number of aromatic amines is 1. The smallest absolute Gasteiger partial charge is 0.173 e. The van der Waals surface area contributed by atoms with Gasteiger partial charge in [-0.2, -0.15) is 5.10 Å². The Morgan fingerprint density at radius 1 is 1.22 bits per heavy atom. The van der Waals surface area contributed by atoms with Gasteiger partial charge in [0.2, 0.25) is 0 Å². The monoisotopic (exact) mass is 366 g/mol. The van der Waals surface area contributed by atoms with Crippen LogP contribution in [0.15, 0.2) is 35.0 Å². The average Bonchev–Trinajstić information content (AvgIpc) is 3.30. The first-order valence-electron chi connectivity index (χ1n) is 9.51. The highest BCUT2D eigenvalue weighted by Gasteiger charge is 2.29. The Labute approximate surface area is 159 Å². The highest BCUT2D eigenvalue weighted by molar-refractivity contribution is 5.64. The number of nitrogens with one attached hydrogen (secondary N) is 1. The van der Waals surface area contributed by atoms with E-state index in [4.69, 9.17) is 9.26 Å². The molecule has 0 bridgehead atoms. The van der Waals surface area contributed by atoms with Crippen molar-refractivity contribution >= 4 is 0 Å². The summed E-state index contributed by atoms with van der Waals surface area (Å²) in [6.07, 6.45) is 5.41. The van der Waals surface area contributed by atoms with Gasteiger partial charge in [0, 0.05) is 12.1 Å². The third-order valence-corrected chi connectivity index (χ3v) is 5.56. The van der Waals surface area contributed by atoms with E-state index in [1.165, 1.54) is 18.4 Å². The number of hydrogen-bond donors (Lipinski definition) is 1. The largest absolute Gasteiger partial charge is 0.497 e. The zero-order chi connectivity index (χ0) is 18.8. The second-order valence-corrected chi connectivity index (χ2v) is 7.25. The summed E-state index contributed by atoms with van der Waals surface area (Å²) in [6, 6.07) is 8.63. The lowest BCUT2D eigenvalue weighted by molar-refractivity contribution is 0.137. The van der Waals surface area contributed by atoms with Crippen molar-refractivity contribution in [1.29, 1.82) is 0 Å². The fourth-order valence-electron chi connectivity index (χ4n) is 3.87. The van der Waals surface area contributed by atoms with Gasteiger partial charge >= 0.3 is 0 Å². The van der Waals surface area contributed by atoms with Crippen LogP contribution in [0.4, 0.5) is 0 Å². The third kappa shape index (κ3) is 3.49. The molecule has 142 valence electrons. The van der Waals surface area contributed by atoms with Gasteiger partial charge in [-0.15, -0.1) is 0 Å². The van der Waals surface area contributed by atoms with Crippen molar-refractivity contribution in [2.24, 2.45) is 0 Å². The van der Waals surface area contributed by atoms with E-state index in [0.29, 0.717) is 6.04 Å². The van der Waals surface area contributed by atoms with E-state index >= 15 is 0 Å². The van der Waals surface area contributed by atoms with Crippen LogP contribution in [0.2, 0.25) is 0 Å². The van der Waals surface area contributed by atoms with Gasteiger partial charge in [0.1, 0.15) is 5.75 Å². The van der Waals surface area contributed by atoms with E-state index in [9.17, 15) is 0 Å². The lowest BCUT2D eigenvalue weighted by Gasteiger charge is -2.35. The van der Waals surface area contributed by atoms with Crippen LogP contribution < -0.4 is 4.74 Å².